The first-order valence-electron chi connectivity index (χ1n) is 10.6. The molecule has 2 aromatic rings. The Kier molecular flexibility index (Phi) is 6.27. The highest BCUT2D eigenvalue weighted by molar-refractivity contribution is 5.88. The summed E-state index contributed by atoms with van der Waals surface area (Å²) in [7, 11) is 0. The lowest BCUT2D eigenvalue weighted by Crippen LogP contribution is -2.33. The molecule has 0 unspecified atom stereocenters. The lowest BCUT2D eigenvalue weighted by Gasteiger charge is -2.24. The molecule has 2 aliphatic heterocycles. The fourth-order valence-corrected chi connectivity index (χ4v) is 4.06. The number of aromatic nitrogens is 3. The maximum Gasteiger partial charge on any atom is 0.360 e. The summed E-state index contributed by atoms with van der Waals surface area (Å²) in [4.78, 5) is 24.0. The first-order chi connectivity index (χ1) is 15.3. The lowest BCUT2D eigenvalue weighted by molar-refractivity contribution is -0.194. The molecule has 172 valence electrons. The normalized spacial score (nSPS) is 26.0. The molecule has 1 aromatic heterocycles. The van der Waals surface area contributed by atoms with E-state index in [1.807, 2.05) is 30.3 Å². The standard InChI is InChI=1S/C22H27N3O7/c1-5-28-21(27)16-17(25(24-23-16)11-14-9-7-6-8-10-14)19-20-18(31-22(3,4)32-20)15(30-19)12-29-13(2)26/h6-10,15,18-20H,5,11-12H2,1-4H3/t15-,18-,19+,20-/m1/s1. The summed E-state index contributed by atoms with van der Waals surface area (Å²) in [5.41, 5.74) is 1.48. The number of hydrogen-bond donors (Lipinski definition) is 0. The number of esters is 2. The monoisotopic (exact) mass is 445 g/mol. The van der Waals surface area contributed by atoms with Crippen LogP contribution in [0.15, 0.2) is 30.3 Å². The molecule has 2 aliphatic rings. The number of benzene rings is 1. The molecule has 3 heterocycles. The number of carbonyl (C=O) groups is 2. The van der Waals surface area contributed by atoms with E-state index in [-0.39, 0.29) is 18.9 Å². The molecule has 4 atom stereocenters. The van der Waals surface area contributed by atoms with Crippen molar-refractivity contribution >= 4 is 11.9 Å². The van der Waals surface area contributed by atoms with Crippen molar-refractivity contribution in [3.05, 3.63) is 47.3 Å². The summed E-state index contributed by atoms with van der Waals surface area (Å²) in [5, 5.41) is 8.32. The van der Waals surface area contributed by atoms with Crippen LogP contribution in [0.2, 0.25) is 0 Å². The molecule has 0 aliphatic carbocycles. The molecule has 10 nitrogen and oxygen atoms in total. The Bertz CT molecular complexity index is 975. The third-order valence-electron chi connectivity index (χ3n) is 5.29. The average Bonchev–Trinajstić information content (AvgIpc) is 3.38. The van der Waals surface area contributed by atoms with Gasteiger partial charge in [-0.05, 0) is 26.3 Å². The molecule has 2 fully saturated rings. The molecule has 0 saturated carbocycles. The summed E-state index contributed by atoms with van der Waals surface area (Å²) in [6.07, 6.45) is -2.34. The van der Waals surface area contributed by atoms with Gasteiger partial charge in [0.05, 0.1) is 13.2 Å². The fourth-order valence-electron chi connectivity index (χ4n) is 4.06. The van der Waals surface area contributed by atoms with Crippen molar-refractivity contribution in [1.82, 2.24) is 15.0 Å². The van der Waals surface area contributed by atoms with E-state index in [1.165, 1.54) is 6.92 Å². The van der Waals surface area contributed by atoms with Crippen LogP contribution >= 0.6 is 0 Å². The maximum atomic E-state index is 12.7. The van der Waals surface area contributed by atoms with Gasteiger partial charge in [-0.1, -0.05) is 35.5 Å². The number of carbonyl (C=O) groups excluding carboxylic acids is 2. The van der Waals surface area contributed by atoms with Gasteiger partial charge in [0.25, 0.3) is 0 Å². The molecule has 0 amide bonds. The maximum absolute atomic E-state index is 12.7. The largest absolute Gasteiger partial charge is 0.463 e. The zero-order valence-corrected chi connectivity index (χ0v) is 18.5. The minimum atomic E-state index is -0.867. The minimum absolute atomic E-state index is 0.00142. The molecule has 4 rings (SSSR count). The number of ether oxygens (including phenoxy) is 5. The third-order valence-corrected chi connectivity index (χ3v) is 5.29. The highest BCUT2D eigenvalue weighted by atomic mass is 16.8. The second kappa shape index (κ2) is 8.97. The number of rotatable bonds is 7. The van der Waals surface area contributed by atoms with Crippen LogP contribution in [0.3, 0.4) is 0 Å². The molecular formula is C22H27N3O7. The summed E-state index contributed by atoms with van der Waals surface area (Å²) in [6.45, 7) is 7.23. The predicted octanol–water partition coefficient (Wildman–Crippen LogP) is 2.03. The van der Waals surface area contributed by atoms with Crippen LogP contribution in [0.4, 0.5) is 0 Å². The van der Waals surface area contributed by atoms with Gasteiger partial charge in [-0.3, -0.25) is 4.79 Å². The van der Waals surface area contributed by atoms with Gasteiger partial charge in [0.15, 0.2) is 11.5 Å². The molecule has 10 heteroatoms. The van der Waals surface area contributed by atoms with Gasteiger partial charge in [0.1, 0.15) is 36.7 Å². The van der Waals surface area contributed by atoms with Gasteiger partial charge in [-0.2, -0.15) is 0 Å². The lowest BCUT2D eigenvalue weighted by atomic mass is 10.0. The predicted molar refractivity (Wildman–Crippen MR) is 110 cm³/mol. The van der Waals surface area contributed by atoms with E-state index in [2.05, 4.69) is 10.3 Å². The van der Waals surface area contributed by atoms with Crippen LogP contribution in [0.25, 0.3) is 0 Å². The molecule has 0 radical (unpaired) electrons. The highest BCUT2D eigenvalue weighted by Gasteiger charge is 2.57. The topological polar surface area (TPSA) is 111 Å². The van der Waals surface area contributed by atoms with E-state index < -0.39 is 42.1 Å². The van der Waals surface area contributed by atoms with Gasteiger partial charge in [0, 0.05) is 6.92 Å². The summed E-state index contributed by atoms with van der Waals surface area (Å²) in [6, 6.07) is 9.68. The van der Waals surface area contributed by atoms with Gasteiger partial charge in [0.2, 0.25) is 0 Å². The van der Waals surface area contributed by atoms with Crippen LogP contribution in [0, 0.1) is 0 Å². The molecule has 0 N–H and O–H groups in total. The Morgan fingerprint density at radius 2 is 1.84 bits per heavy atom. The fraction of sp³-hybridized carbons (Fsp3) is 0.545. The molecule has 0 spiro atoms. The second-order valence-corrected chi connectivity index (χ2v) is 8.15. The van der Waals surface area contributed by atoms with Crippen molar-refractivity contribution in [2.75, 3.05) is 13.2 Å². The summed E-state index contributed by atoms with van der Waals surface area (Å²) < 4.78 is 30.4. The first kappa shape index (κ1) is 22.4. The second-order valence-electron chi connectivity index (χ2n) is 8.15. The zero-order valence-electron chi connectivity index (χ0n) is 18.5. The smallest absolute Gasteiger partial charge is 0.360 e. The molecule has 0 bridgehead atoms. The van der Waals surface area contributed by atoms with Crippen LogP contribution in [0.5, 0.6) is 0 Å². The van der Waals surface area contributed by atoms with Crippen molar-refractivity contribution < 1.29 is 33.3 Å². The Morgan fingerprint density at radius 1 is 1.12 bits per heavy atom. The average molecular weight is 445 g/mol. The number of nitrogens with zero attached hydrogens (tertiary/aromatic N) is 3. The molecule has 32 heavy (non-hydrogen) atoms. The van der Waals surface area contributed by atoms with Crippen LogP contribution in [-0.2, 0) is 35.0 Å². The third kappa shape index (κ3) is 4.52. The van der Waals surface area contributed by atoms with Crippen molar-refractivity contribution in [2.45, 2.75) is 64.4 Å². The number of fused-ring (bicyclic) bond motifs is 1. The van der Waals surface area contributed by atoms with E-state index in [1.54, 1.807) is 25.5 Å². The number of hydrogen-bond acceptors (Lipinski definition) is 9. The van der Waals surface area contributed by atoms with Crippen LogP contribution in [-0.4, -0.2) is 64.2 Å². The van der Waals surface area contributed by atoms with E-state index in [9.17, 15) is 9.59 Å². The Morgan fingerprint density at radius 3 is 2.53 bits per heavy atom. The minimum Gasteiger partial charge on any atom is -0.463 e. The summed E-state index contributed by atoms with van der Waals surface area (Å²) in [5.74, 6) is -1.88. The van der Waals surface area contributed by atoms with Crippen LogP contribution in [0.1, 0.15) is 55.5 Å². The van der Waals surface area contributed by atoms with E-state index >= 15 is 0 Å². The van der Waals surface area contributed by atoms with Crippen molar-refractivity contribution in [3.63, 3.8) is 0 Å². The quantitative estimate of drug-likeness (QED) is 0.591. The molecule has 1 aromatic carbocycles. The highest BCUT2D eigenvalue weighted by Crippen LogP contribution is 2.46. The molecule has 2 saturated heterocycles. The molecular weight excluding hydrogens is 418 g/mol. The van der Waals surface area contributed by atoms with E-state index in [4.69, 9.17) is 23.7 Å². The SMILES string of the molecule is CCOC(=O)c1nnn(Cc2ccccc2)c1[C@@H]1O[C@H](COC(C)=O)[C@H]2OC(C)(C)O[C@H]21. The Hall–Kier alpha value is -2.82. The summed E-state index contributed by atoms with van der Waals surface area (Å²) >= 11 is 0. The Labute approximate surface area is 185 Å². The van der Waals surface area contributed by atoms with Crippen LogP contribution < -0.4 is 0 Å². The zero-order chi connectivity index (χ0) is 22.9. The van der Waals surface area contributed by atoms with Gasteiger partial charge in [-0.25, -0.2) is 9.48 Å². The van der Waals surface area contributed by atoms with E-state index in [0.717, 1.165) is 5.56 Å². The Balaban J connectivity index is 1.71. The van der Waals surface area contributed by atoms with E-state index in [0.29, 0.717) is 12.2 Å². The van der Waals surface area contributed by atoms with Gasteiger partial charge >= 0.3 is 11.9 Å². The van der Waals surface area contributed by atoms with Gasteiger partial charge in [-0.15, -0.1) is 5.10 Å². The van der Waals surface area contributed by atoms with Crippen molar-refractivity contribution in [2.24, 2.45) is 0 Å². The first-order valence-corrected chi connectivity index (χ1v) is 10.6. The van der Waals surface area contributed by atoms with Crippen molar-refractivity contribution in [1.29, 1.82) is 0 Å². The van der Waals surface area contributed by atoms with Gasteiger partial charge < -0.3 is 23.7 Å². The van der Waals surface area contributed by atoms with Crippen molar-refractivity contribution in [3.8, 4) is 0 Å².